The minimum absolute atomic E-state index is 0.0266. The number of benzene rings is 2. The summed E-state index contributed by atoms with van der Waals surface area (Å²) in [6.07, 6.45) is 3.51. The number of hydrogen-bond acceptors (Lipinski definition) is 6. The molecule has 214 valence electrons. The summed E-state index contributed by atoms with van der Waals surface area (Å²) in [4.78, 5) is 17.7. The molecular formula is C32H47N3O4. The predicted molar refractivity (Wildman–Crippen MR) is 156 cm³/mol. The number of hydrogen-bond donors (Lipinski definition) is 2. The van der Waals surface area contributed by atoms with Crippen molar-refractivity contribution in [3.8, 4) is 5.75 Å². The third-order valence-electron chi connectivity index (χ3n) is 7.84. The van der Waals surface area contributed by atoms with Crippen molar-refractivity contribution in [1.82, 2.24) is 10.2 Å². The number of anilines is 1. The van der Waals surface area contributed by atoms with Crippen LogP contribution in [0.25, 0.3) is 0 Å². The minimum atomic E-state index is -0.843. The highest BCUT2D eigenvalue weighted by Crippen LogP contribution is 2.31. The molecule has 4 rings (SSSR count). The summed E-state index contributed by atoms with van der Waals surface area (Å²) in [7, 11) is 1.91. The molecule has 2 aromatic rings. The highest BCUT2D eigenvalue weighted by molar-refractivity contribution is 5.94. The van der Waals surface area contributed by atoms with Crippen LogP contribution < -0.4 is 15.0 Å². The predicted octanol–water partition coefficient (Wildman–Crippen LogP) is 4.68. The molecule has 2 aliphatic rings. The molecule has 7 heteroatoms. The largest absolute Gasteiger partial charge is 0.490 e. The number of aliphatic hydroxyl groups is 1. The standard InChI is InChI=1S/C32H47N3O4/c1-23-17-28(12-9-27(23)20-35-16-15-33-24(2)19-35)34(5)31(36)26-10-13-29(14-11-26)39-30-8-6-7-25(18-30)21-38-22-32(3,4)37/h6-9,12,17-18,24,26,29,33,37H,10-11,13-16,19-22H2,1-5H3. The molecule has 0 spiro atoms. The van der Waals surface area contributed by atoms with Gasteiger partial charge >= 0.3 is 0 Å². The molecule has 1 atom stereocenters. The van der Waals surface area contributed by atoms with Gasteiger partial charge in [-0.15, -0.1) is 0 Å². The second-order valence-electron chi connectivity index (χ2n) is 12.1. The van der Waals surface area contributed by atoms with E-state index < -0.39 is 5.60 Å². The second kappa shape index (κ2) is 13.3. The topological polar surface area (TPSA) is 74.3 Å². The first-order valence-electron chi connectivity index (χ1n) is 14.5. The molecule has 0 radical (unpaired) electrons. The number of aryl methyl sites for hydroxylation is 1. The fourth-order valence-corrected chi connectivity index (χ4v) is 5.61. The quantitative estimate of drug-likeness (QED) is 0.459. The van der Waals surface area contributed by atoms with Crippen molar-refractivity contribution in [2.24, 2.45) is 5.92 Å². The van der Waals surface area contributed by atoms with Crippen molar-refractivity contribution < 1.29 is 19.4 Å². The van der Waals surface area contributed by atoms with Gasteiger partial charge < -0.3 is 24.8 Å². The van der Waals surface area contributed by atoms with E-state index in [2.05, 4.69) is 42.3 Å². The lowest BCUT2D eigenvalue weighted by Crippen LogP contribution is -2.48. The first-order valence-corrected chi connectivity index (χ1v) is 14.5. The molecule has 2 aromatic carbocycles. The molecule has 1 heterocycles. The highest BCUT2D eigenvalue weighted by atomic mass is 16.5. The van der Waals surface area contributed by atoms with Crippen molar-refractivity contribution in [2.75, 3.05) is 38.2 Å². The Morgan fingerprint density at radius 2 is 1.92 bits per heavy atom. The van der Waals surface area contributed by atoms with E-state index in [0.717, 1.165) is 68.9 Å². The van der Waals surface area contributed by atoms with Gasteiger partial charge in [-0.05, 0) is 94.3 Å². The summed E-state index contributed by atoms with van der Waals surface area (Å²) in [5.74, 6) is 1.05. The van der Waals surface area contributed by atoms with Gasteiger partial charge in [0.25, 0.3) is 0 Å². The maximum Gasteiger partial charge on any atom is 0.229 e. The molecule has 1 aliphatic carbocycles. The molecule has 0 bridgehead atoms. The summed E-state index contributed by atoms with van der Waals surface area (Å²) < 4.78 is 11.9. The van der Waals surface area contributed by atoms with Gasteiger partial charge in [0.15, 0.2) is 0 Å². The number of carbonyl (C=O) groups excluding carboxylic acids is 1. The number of piperazine rings is 1. The number of carbonyl (C=O) groups is 1. The number of nitrogens with zero attached hydrogens (tertiary/aromatic N) is 2. The average Bonchev–Trinajstić information content (AvgIpc) is 2.89. The van der Waals surface area contributed by atoms with Crippen LogP contribution in [0.3, 0.4) is 0 Å². The van der Waals surface area contributed by atoms with Gasteiger partial charge in [0, 0.05) is 50.9 Å². The van der Waals surface area contributed by atoms with E-state index in [9.17, 15) is 9.90 Å². The van der Waals surface area contributed by atoms with Crippen LogP contribution in [0.1, 0.15) is 63.1 Å². The molecule has 1 unspecified atom stereocenters. The maximum atomic E-state index is 13.4. The van der Waals surface area contributed by atoms with Crippen LogP contribution >= 0.6 is 0 Å². The molecule has 1 saturated carbocycles. The highest BCUT2D eigenvalue weighted by Gasteiger charge is 2.30. The molecule has 0 aromatic heterocycles. The van der Waals surface area contributed by atoms with Crippen LogP contribution in [0.15, 0.2) is 42.5 Å². The van der Waals surface area contributed by atoms with Gasteiger partial charge in [0.05, 0.1) is 24.9 Å². The lowest BCUT2D eigenvalue weighted by Gasteiger charge is -2.32. The van der Waals surface area contributed by atoms with E-state index in [4.69, 9.17) is 9.47 Å². The monoisotopic (exact) mass is 537 g/mol. The average molecular weight is 538 g/mol. The van der Waals surface area contributed by atoms with Crippen LogP contribution in [0.4, 0.5) is 5.69 Å². The van der Waals surface area contributed by atoms with E-state index in [1.807, 2.05) is 36.2 Å². The normalized spacial score (nSPS) is 22.5. The van der Waals surface area contributed by atoms with Crippen LogP contribution in [-0.4, -0.2) is 66.9 Å². The third-order valence-corrected chi connectivity index (χ3v) is 7.84. The van der Waals surface area contributed by atoms with Crippen LogP contribution in [0.2, 0.25) is 0 Å². The summed E-state index contributed by atoms with van der Waals surface area (Å²) in [5.41, 5.74) is 3.72. The number of amides is 1. The minimum Gasteiger partial charge on any atom is -0.490 e. The summed E-state index contributed by atoms with van der Waals surface area (Å²) >= 11 is 0. The zero-order chi connectivity index (χ0) is 28.0. The number of ether oxygens (including phenoxy) is 2. The maximum absolute atomic E-state index is 13.4. The van der Waals surface area contributed by atoms with Gasteiger partial charge in [-0.25, -0.2) is 0 Å². The van der Waals surface area contributed by atoms with Crippen molar-refractivity contribution in [3.63, 3.8) is 0 Å². The Hall–Kier alpha value is -2.45. The zero-order valence-electron chi connectivity index (χ0n) is 24.4. The summed E-state index contributed by atoms with van der Waals surface area (Å²) in [6, 6.07) is 14.9. The van der Waals surface area contributed by atoms with E-state index in [1.165, 1.54) is 11.1 Å². The van der Waals surface area contributed by atoms with Crippen molar-refractivity contribution in [1.29, 1.82) is 0 Å². The van der Waals surface area contributed by atoms with Gasteiger partial charge in [-0.3, -0.25) is 9.69 Å². The molecule has 2 fully saturated rings. The molecule has 39 heavy (non-hydrogen) atoms. The Kier molecular flexibility index (Phi) is 10.0. The SMILES string of the molecule is Cc1cc(N(C)C(=O)C2CCC(Oc3cccc(COCC(C)(C)O)c3)CC2)ccc1CN1CCNC(C)C1. The van der Waals surface area contributed by atoms with E-state index >= 15 is 0 Å². The number of nitrogens with one attached hydrogen (secondary N) is 1. The van der Waals surface area contributed by atoms with Crippen molar-refractivity contribution in [2.45, 2.75) is 84.3 Å². The molecule has 2 N–H and O–H groups in total. The Bertz CT molecular complexity index is 1090. The van der Waals surface area contributed by atoms with Gasteiger partial charge in [0.2, 0.25) is 5.91 Å². The van der Waals surface area contributed by atoms with Crippen LogP contribution in [-0.2, 0) is 22.7 Å². The Labute approximate surface area is 234 Å². The Balaban J connectivity index is 1.25. The van der Waals surface area contributed by atoms with Crippen LogP contribution in [0.5, 0.6) is 5.75 Å². The fraction of sp³-hybridized carbons (Fsp3) is 0.594. The van der Waals surface area contributed by atoms with Crippen molar-refractivity contribution >= 4 is 11.6 Å². The van der Waals surface area contributed by atoms with Gasteiger partial charge in [0.1, 0.15) is 5.75 Å². The first kappa shape index (κ1) is 29.5. The first-order chi connectivity index (χ1) is 18.6. The lowest BCUT2D eigenvalue weighted by molar-refractivity contribution is -0.123. The fourth-order valence-electron chi connectivity index (χ4n) is 5.61. The smallest absolute Gasteiger partial charge is 0.229 e. The van der Waals surface area contributed by atoms with E-state index in [1.54, 1.807) is 13.8 Å². The molecule has 1 saturated heterocycles. The summed E-state index contributed by atoms with van der Waals surface area (Å²) in [5, 5.41) is 13.3. The Morgan fingerprint density at radius 3 is 2.62 bits per heavy atom. The van der Waals surface area contributed by atoms with Gasteiger partial charge in [-0.2, -0.15) is 0 Å². The molecule has 1 aliphatic heterocycles. The zero-order valence-corrected chi connectivity index (χ0v) is 24.4. The van der Waals surface area contributed by atoms with Gasteiger partial charge in [-0.1, -0.05) is 18.2 Å². The van der Waals surface area contributed by atoms with Crippen LogP contribution in [0, 0.1) is 12.8 Å². The molecular weight excluding hydrogens is 490 g/mol. The second-order valence-corrected chi connectivity index (χ2v) is 12.1. The van der Waals surface area contributed by atoms with Crippen molar-refractivity contribution in [3.05, 3.63) is 59.2 Å². The molecule has 7 nitrogen and oxygen atoms in total. The number of rotatable bonds is 10. The van der Waals surface area contributed by atoms with E-state index in [0.29, 0.717) is 12.6 Å². The summed E-state index contributed by atoms with van der Waals surface area (Å²) in [6.45, 7) is 12.7. The third kappa shape index (κ3) is 8.77. The lowest BCUT2D eigenvalue weighted by atomic mass is 9.86. The Morgan fingerprint density at radius 1 is 1.15 bits per heavy atom. The molecule has 1 amide bonds. The van der Waals surface area contributed by atoms with E-state index in [-0.39, 0.29) is 24.5 Å².